The van der Waals surface area contributed by atoms with E-state index in [0.717, 1.165) is 0 Å². The summed E-state index contributed by atoms with van der Waals surface area (Å²) in [6, 6.07) is 8.47. The molecule has 0 unspecified atom stereocenters. The van der Waals surface area contributed by atoms with Crippen LogP contribution in [0.15, 0.2) is 46.8 Å². The van der Waals surface area contributed by atoms with Gasteiger partial charge in [-0.3, -0.25) is 9.59 Å². The smallest absolute Gasteiger partial charge is 0.254 e. The van der Waals surface area contributed by atoms with Gasteiger partial charge in [-0.1, -0.05) is 24.3 Å². The number of nitrogens with two attached hydrogens (primary N) is 2. The summed E-state index contributed by atoms with van der Waals surface area (Å²) in [5.41, 5.74) is 10.7. The molecule has 25 heavy (non-hydrogen) atoms. The van der Waals surface area contributed by atoms with Gasteiger partial charge < -0.3 is 16.6 Å². The van der Waals surface area contributed by atoms with Gasteiger partial charge in [-0.25, -0.2) is 4.68 Å². The second-order valence-corrected chi connectivity index (χ2v) is 5.28. The zero-order valence-electron chi connectivity index (χ0n) is 13.2. The molecule has 2 aromatic carbocycles. The molecule has 0 atom stereocenters. The van der Waals surface area contributed by atoms with Crippen LogP contribution < -0.4 is 11.5 Å². The fraction of sp³-hybridized carbons (Fsp3) is 0.0625. The van der Waals surface area contributed by atoms with Crippen molar-refractivity contribution in [2.45, 2.75) is 0 Å². The molecule has 0 radical (unpaired) electrons. The fourth-order valence-electron chi connectivity index (χ4n) is 2.43. The third-order valence-corrected chi connectivity index (χ3v) is 3.68. The summed E-state index contributed by atoms with van der Waals surface area (Å²) in [7, 11) is 1.57. The third kappa shape index (κ3) is 2.78. The standard InChI is InChI=1S/C16H14N6O3/c1-22-16(11(7-19-22)15(18)25)21-20-12-9-5-3-2-4-8(9)6-10(13(12)23)14(17)24/h2-7,23H,1H3,(H2,17,24)(H2,18,25)/b21-20+. The van der Waals surface area contributed by atoms with Crippen molar-refractivity contribution in [1.82, 2.24) is 9.78 Å². The molecule has 0 aliphatic rings. The van der Waals surface area contributed by atoms with Gasteiger partial charge in [0.2, 0.25) is 0 Å². The maximum absolute atomic E-state index is 11.6. The molecule has 3 rings (SSSR count). The molecule has 5 N–H and O–H groups in total. The Balaban J connectivity index is 2.22. The monoisotopic (exact) mass is 338 g/mol. The molecule has 3 aromatic rings. The van der Waals surface area contributed by atoms with Crippen LogP contribution in [-0.4, -0.2) is 26.7 Å². The van der Waals surface area contributed by atoms with Crippen molar-refractivity contribution < 1.29 is 14.7 Å². The van der Waals surface area contributed by atoms with E-state index in [0.29, 0.717) is 10.8 Å². The molecule has 1 heterocycles. The molecule has 0 fully saturated rings. The molecular formula is C16H14N6O3. The van der Waals surface area contributed by atoms with Gasteiger partial charge in [-0.15, -0.1) is 10.2 Å². The number of hydrogen-bond donors (Lipinski definition) is 3. The van der Waals surface area contributed by atoms with Crippen molar-refractivity contribution in [2.24, 2.45) is 28.7 Å². The number of azo groups is 1. The Labute approximate surface area is 141 Å². The topological polar surface area (TPSA) is 149 Å². The highest BCUT2D eigenvalue weighted by atomic mass is 16.3. The van der Waals surface area contributed by atoms with Crippen molar-refractivity contribution in [3.8, 4) is 5.75 Å². The molecule has 0 saturated carbocycles. The minimum Gasteiger partial charge on any atom is -0.505 e. The number of phenols is 1. The lowest BCUT2D eigenvalue weighted by molar-refractivity contribution is 0.0990. The minimum absolute atomic E-state index is 0.0588. The number of fused-ring (bicyclic) bond motifs is 1. The lowest BCUT2D eigenvalue weighted by Crippen LogP contribution is -2.11. The van der Waals surface area contributed by atoms with Crippen molar-refractivity contribution in [2.75, 3.05) is 0 Å². The Morgan fingerprint density at radius 1 is 1.12 bits per heavy atom. The number of primary amides is 2. The van der Waals surface area contributed by atoms with Crippen LogP contribution in [0.1, 0.15) is 20.7 Å². The first-order valence-corrected chi connectivity index (χ1v) is 7.18. The van der Waals surface area contributed by atoms with Crippen LogP contribution >= 0.6 is 0 Å². The van der Waals surface area contributed by atoms with Crippen LogP contribution in [0.4, 0.5) is 11.5 Å². The highest BCUT2D eigenvalue weighted by molar-refractivity contribution is 6.06. The van der Waals surface area contributed by atoms with Crippen LogP contribution in [0.25, 0.3) is 10.8 Å². The van der Waals surface area contributed by atoms with Gasteiger partial charge in [0.25, 0.3) is 11.8 Å². The Bertz CT molecular complexity index is 1040. The maximum Gasteiger partial charge on any atom is 0.254 e. The first-order valence-electron chi connectivity index (χ1n) is 7.18. The lowest BCUT2D eigenvalue weighted by atomic mass is 10.0. The second kappa shape index (κ2) is 6.04. The summed E-state index contributed by atoms with van der Waals surface area (Å²) in [5.74, 6) is -1.77. The molecule has 0 saturated heterocycles. The van der Waals surface area contributed by atoms with Crippen LogP contribution in [0.5, 0.6) is 5.75 Å². The van der Waals surface area contributed by atoms with Gasteiger partial charge in [0.15, 0.2) is 11.6 Å². The van der Waals surface area contributed by atoms with Crippen LogP contribution in [0, 0.1) is 0 Å². The van der Waals surface area contributed by atoms with Gasteiger partial charge in [0.1, 0.15) is 11.3 Å². The Hall–Kier alpha value is -3.75. The first-order chi connectivity index (χ1) is 11.9. The number of benzene rings is 2. The minimum atomic E-state index is -0.793. The molecular weight excluding hydrogens is 324 g/mol. The van der Waals surface area contributed by atoms with E-state index < -0.39 is 17.6 Å². The molecule has 0 aliphatic heterocycles. The number of carbonyl (C=O) groups is 2. The zero-order chi connectivity index (χ0) is 18.1. The van der Waals surface area contributed by atoms with Crippen LogP contribution in [0.3, 0.4) is 0 Å². The summed E-state index contributed by atoms with van der Waals surface area (Å²) in [4.78, 5) is 23.0. The third-order valence-electron chi connectivity index (χ3n) is 3.68. The van der Waals surface area contributed by atoms with Crippen LogP contribution in [0.2, 0.25) is 0 Å². The van der Waals surface area contributed by atoms with Crippen molar-refractivity contribution in [1.29, 1.82) is 0 Å². The summed E-state index contributed by atoms with van der Waals surface area (Å²) >= 11 is 0. The average molecular weight is 338 g/mol. The number of carbonyl (C=O) groups excluding carboxylic acids is 2. The number of hydrogen-bond acceptors (Lipinski definition) is 6. The molecule has 126 valence electrons. The SMILES string of the molecule is Cn1ncc(C(N)=O)c1/N=N/c1c(O)c(C(N)=O)cc2ccccc12. The number of aryl methyl sites for hydroxylation is 1. The molecule has 9 heteroatoms. The summed E-state index contributed by atoms with van der Waals surface area (Å²) < 4.78 is 1.32. The van der Waals surface area contributed by atoms with E-state index in [1.54, 1.807) is 31.3 Å². The van der Waals surface area contributed by atoms with Crippen molar-refractivity contribution in [3.63, 3.8) is 0 Å². The van der Waals surface area contributed by atoms with E-state index in [9.17, 15) is 14.7 Å². The van der Waals surface area contributed by atoms with Crippen molar-refractivity contribution in [3.05, 3.63) is 47.7 Å². The zero-order valence-corrected chi connectivity index (χ0v) is 13.2. The fourth-order valence-corrected chi connectivity index (χ4v) is 2.43. The van der Waals surface area contributed by atoms with Gasteiger partial charge >= 0.3 is 0 Å². The van der Waals surface area contributed by atoms with E-state index in [4.69, 9.17) is 11.5 Å². The van der Waals surface area contributed by atoms with Crippen molar-refractivity contribution >= 4 is 34.1 Å². The van der Waals surface area contributed by atoms with Crippen LogP contribution in [-0.2, 0) is 7.05 Å². The molecule has 9 nitrogen and oxygen atoms in total. The Kier molecular flexibility index (Phi) is 3.89. The number of rotatable bonds is 4. The molecule has 0 bridgehead atoms. The van der Waals surface area contributed by atoms with E-state index in [2.05, 4.69) is 15.3 Å². The summed E-state index contributed by atoms with van der Waals surface area (Å²) in [6.07, 6.45) is 1.27. The number of aromatic hydroxyl groups is 1. The average Bonchev–Trinajstić information content (AvgIpc) is 2.94. The van der Waals surface area contributed by atoms with E-state index in [1.165, 1.54) is 16.9 Å². The quantitative estimate of drug-likeness (QED) is 0.622. The summed E-state index contributed by atoms with van der Waals surface area (Å²) in [5, 5.41) is 23.5. The molecule has 1 aromatic heterocycles. The van der Waals surface area contributed by atoms with Gasteiger partial charge in [-0.05, 0) is 11.5 Å². The van der Waals surface area contributed by atoms with E-state index in [-0.39, 0.29) is 22.6 Å². The Morgan fingerprint density at radius 3 is 2.48 bits per heavy atom. The maximum atomic E-state index is 11.6. The molecule has 0 aliphatic carbocycles. The first kappa shape index (κ1) is 16.1. The number of amides is 2. The largest absolute Gasteiger partial charge is 0.505 e. The lowest BCUT2D eigenvalue weighted by Gasteiger charge is -2.08. The number of nitrogens with zero attached hydrogens (tertiary/aromatic N) is 4. The Morgan fingerprint density at radius 2 is 1.80 bits per heavy atom. The van der Waals surface area contributed by atoms with Gasteiger partial charge in [0, 0.05) is 12.4 Å². The van der Waals surface area contributed by atoms with E-state index in [1.807, 2.05) is 0 Å². The van der Waals surface area contributed by atoms with Gasteiger partial charge in [0.05, 0.1) is 11.8 Å². The van der Waals surface area contributed by atoms with E-state index >= 15 is 0 Å². The van der Waals surface area contributed by atoms with Gasteiger partial charge in [-0.2, -0.15) is 5.10 Å². The molecule has 0 spiro atoms. The normalized spacial score (nSPS) is 11.2. The predicted octanol–water partition coefficient (Wildman–Crippen LogP) is 1.89. The summed E-state index contributed by atoms with van der Waals surface area (Å²) in [6.45, 7) is 0. The number of aromatic nitrogens is 2. The second-order valence-electron chi connectivity index (χ2n) is 5.28. The predicted molar refractivity (Wildman–Crippen MR) is 90.0 cm³/mol. The highest BCUT2D eigenvalue weighted by Crippen LogP contribution is 2.39. The molecule has 2 amide bonds. The highest BCUT2D eigenvalue weighted by Gasteiger charge is 2.17.